The molecule has 43 heavy (non-hydrogen) atoms. The zero-order valence-electron chi connectivity index (χ0n) is 30.1. The van der Waals surface area contributed by atoms with Crippen molar-refractivity contribution in [1.82, 2.24) is 0 Å². The molecule has 258 valence electrons. The fourth-order valence-electron chi connectivity index (χ4n) is 7.16. The summed E-state index contributed by atoms with van der Waals surface area (Å²) in [6.07, 6.45) is 50.5. The third-order valence-electron chi connectivity index (χ3n) is 10.1. The monoisotopic (exact) mass is 607 g/mol. The van der Waals surface area contributed by atoms with Gasteiger partial charge in [0.15, 0.2) is 6.29 Å². The van der Waals surface area contributed by atoms with Gasteiger partial charge in [0.2, 0.25) is 0 Å². The maximum atomic E-state index is 5.83. The summed E-state index contributed by atoms with van der Waals surface area (Å²) in [7, 11) is 0. The second-order valence-electron chi connectivity index (χ2n) is 14.5. The van der Waals surface area contributed by atoms with E-state index in [9.17, 15) is 0 Å². The number of hydrogen-bond donors (Lipinski definition) is 0. The Hall–Kier alpha value is -0.0800. The number of ether oxygens (including phenoxy) is 2. The third kappa shape index (κ3) is 30.3. The van der Waals surface area contributed by atoms with E-state index in [0.717, 1.165) is 25.6 Å². The van der Waals surface area contributed by atoms with Crippen molar-refractivity contribution in [1.29, 1.82) is 0 Å². The van der Waals surface area contributed by atoms with E-state index in [4.69, 9.17) is 9.47 Å². The van der Waals surface area contributed by atoms with Crippen LogP contribution in [0, 0.1) is 5.92 Å². The Kier molecular flexibility index (Phi) is 33.1. The lowest BCUT2D eigenvalue weighted by Gasteiger charge is -2.20. The van der Waals surface area contributed by atoms with Gasteiger partial charge in [-0.2, -0.15) is 0 Å². The zero-order valence-corrected chi connectivity index (χ0v) is 30.1. The Bertz CT molecular complexity index is 464. The Morgan fingerprint density at radius 3 is 0.837 bits per heavy atom. The van der Waals surface area contributed by atoms with E-state index in [2.05, 4.69) is 13.8 Å². The van der Waals surface area contributed by atoms with E-state index in [1.807, 2.05) is 0 Å². The zero-order chi connectivity index (χ0) is 30.7. The molecular weight excluding hydrogens is 524 g/mol. The average molecular weight is 607 g/mol. The van der Waals surface area contributed by atoms with Crippen LogP contribution < -0.4 is 0 Å². The molecule has 0 aromatic carbocycles. The van der Waals surface area contributed by atoms with Gasteiger partial charge in [-0.05, 0) is 5.92 Å². The molecule has 1 saturated heterocycles. The minimum atomic E-state index is 0.0899. The number of rotatable bonds is 36. The molecule has 0 aromatic heterocycles. The highest BCUT2D eigenvalue weighted by Crippen LogP contribution is 2.26. The van der Waals surface area contributed by atoms with Crippen molar-refractivity contribution in [2.24, 2.45) is 5.92 Å². The third-order valence-corrected chi connectivity index (χ3v) is 10.1. The first kappa shape index (κ1) is 40.9. The molecule has 0 unspecified atom stereocenters. The van der Waals surface area contributed by atoms with Gasteiger partial charge >= 0.3 is 0 Å². The van der Waals surface area contributed by atoms with E-state index < -0.39 is 0 Å². The minimum Gasteiger partial charge on any atom is -0.350 e. The lowest BCUT2D eigenvalue weighted by molar-refractivity contribution is -0.0585. The molecular formula is C41H82O2. The van der Waals surface area contributed by atoms with Crippen molar-refractivity contribution in [3.8, 4) is 0 Å². The standard InChI is InChI=1S/C41H82O2/c1-3-5-7-9-11-13-15-17-19-21-23-25-27-29-31-33-35-40(39-41-42-37-38-43-41)36-34-32-30-28-26-24-22-20-18-16-14-12-10-8-6-4-2/h40-41H,3-39H2,1-2H3. The highest BCUT2D eigenvalue weighted by atomic mass is 16.7. The van der Waals surface area contributed by atoms with Crippen LogP contribution in [0.25, 0.3) is 0 Å². The predicted octanol–water partition coefficient (Wildman–Crippen LogP) is 14.7. The van der Waals surface area contributed by atoms with Crippen LogP contribution in [0.5, 0.6) is 0 Å². The molecule has 1 rings (SSSR count). The maximum absolute atomic E-state index is 5.83. The highest BCUT2D eigenvalue weighted by molar-refractivity contribution is 4.65. The molecule has 1 aliphatic rings. The number of hydrogen-bond acceptors (Lipinski definition) is 2. The van der Waals surface area contributed by atoms with Crippen LogP contribution in [0.3, 0.4) is 0 Å². The van der Waals surface area contributed by atoms with Gasteiger partial charge in [0.25, 0.3) is 0 Å². The molecule has 0 spiro atoms. The van der Waals surface area contributed by atoms with E-state index in [1.165, 1.54) is 218 Å². The maximum Gasteiger partial charge on any atom is 0.158 e. The Balaban J connectivity index is 1.91. The molecule has 2 heteroatoms. The fraction of sp³-hybridized carbons (Fsp3) is 1.00. The van der Waals surface area contributed by atoms with Crippen LogP contribution in [-0.4, -0.2) is 19.5 Å². The van der Waals surface area contributed by atoms with Gasteiger partial charge in [0.05, 0.1) is 13.2 Å². The molecule has 2 nitrogen and oxygen atoms in total. The summed E-state index contributed by atoms with van der Waals surface area (Å²) in [6.45, 7) is 6.22. The van der Waals surface area contributed by atoms with Gasteiger partial charge in [-0.15, -0.1) is 0 Å². The summed E-state index contributed by atoms with van der Waals surface area (Å²) < 4.78 is 11.7. The average Bonchev–Trinajstić information content (AvgIpc) is 3.53. The Labute approximate surface area is 273 Å². The normalized spacial score (nSPS) is 14.0. The molecule has 0 radical (unpaired) electrons. The van der Waals surface area contributed by atoms with Crippen LogP contribution in [0.2, 0.25) is 0 Å². The second-order valence-corrected chi connectivity index (χ2v) is 14.5. The van der Waals surface area contributed by atoms with Crippen molar-refractivity contribution < 1.29 is 9.47 Å². The van der Waals surface area contributed by atoms with Crippen LogP contribution >= 0.6 is 0 Å². The molecule has 0 N–H and O–H groups in total. The Morgan fingerprint density at radius 2 is 0.581 bits per heavy atom. The van der Waals surface area contributed by atoms with Crippen molar-refractivity contribution in [3.05, 3.63) is 0 Å². The summed E-state index contributed by atoms with van der Waals surface area (Å²) in [6, 6.07) is 0. The molecule has 0 amide bonds. The van der Waals surface area contributed by atoms with Gasteiger partial charge in [-0.25, -0.2) is 0 Å². The smallest absolute Gasteiger partial charge is 0.158 e. The first-order valence-electron chi connectivity index (χ1n) is 20.6. The molecule has 0 aliphatic carbocycles. The first-order chi connectivity index (χ1) is 21.4. The van der Waals surface area contributed by atoms with Crippen molar-refractivity contribution in [2.75, 3.05) is 13.2 Å². The Morgan fingerprint density at radius 1 is 0.349 bits per heavy atom. The highest BCUT2D eigenvalue weighted by Gasteiger charge is 2.21. The van der Waals surface area contributed by atoms with Crippen LogP contribution in [0.4, 0.5) is 0 Å². The van der Waals surface area contributed by atoms with Crippen LogP contribution in [-0.2, 0) is 9.47 Å². The molecule has 0 atom stereocenters. The van der Waals surface area contributed by atoms with Crippen molar-refractivity contribution in [3.63, 3.8) is 0 Å². The van der Waals surface area contributed by atoms with Gasteiger partial charge in [-0.1, -0.05) is 232 Å². The summed E-state index contributed by atoms with van der Waals surface area (Å²) in [5, 5.41) is 0. The topological polar surface area (TPSA) is 18.5 Å². The van der Waals surface area contributed by atoms with E-state index >= 15 is 0 Å². The first-order valence-corrected chi connectivity index (χ1v) is 20.6. The summed E-state index contributed by atoms with van der Waals surface area (Å²) >= 11 is 0. The van der Waals surface area contributed by atoms with Gasteiger partial charge in [-0.3, -0.25) is 0 Å². The summed E-state index contributed by atoms with van der Waals surface area (Å²) in [5.74, 6) is 0.807. The van der Waals surface area contributed by atoms with E-state index in [-0.39, 0.29) is 6.29 Å². The quantitative estimate of drug-likeness (QED) is 0.0660. The van der Waals surface area contributed by atoms with E-state index in [1.54, 1.807) is 0 Å². The SMILES string of the molecule is CCCCCCCCCCCCCCCCCCC(CCCCCCCCCCCCCCCCCC)CC1OCCO1. The molecule has 1 aliphatic heterocycles. The largest absolute Gasteiger partial charge is 0.350 e. The summed E-state index contributed by atoms with van der Waals surface area (Å²) in [5.41, 5.74) is 0. The number of unbranched alkanes of at least 4 members (excludes halogenated alkanes) is 30. The molecule has 0 bridgehead atoms. The van der Waals surface area contributed by atoms with Crippen molar-refractivity contribution >= 4 is 0 Å². The van der Waals surface area contributed by atoms with Gasteiger partial charge in [0, 0.05) is 6.42 Å². The second kappa shape index (κ2) is 34.8. The minimum absolute atomic E-state index is 0.0899. The van der Waals surface area contributed by atoms with Gasteiger partial charge in [0.1, 0.15) is 0 Å². The molecule has 1 heterocycles. The van der Waals surface area contributed by atoms with Gasteiger partial charge < -0.3 is 9.47 Å². The molecule has 1 fully saturated rings. The fourth-order valence-corrected chi connectivity index (χ4v) is 7.16. The lowest BCUT2D eigenvalue weighted by Crippen LogP contribution is -2.15. The van der Waals surface area contributed by atoms with E-state index in [0.29, 0.717) is 0 Å². The van der Waals surface area contributed by atoms with Crippen molar-refractivity contribution in [2.45, 2.75) is 245 Å². The summed E-state index contributed by atoms with van der Waals surface area (Å²) in [4.78, 5) is 0. The lowest BCUT2D eigenvalue weighted by atomic mass is 9.91. The molecule has 0 aromatic rings. The predicted molar refractivity (Wildman–Crippen MR) is 192 cm³/mol. The molecule has 0 saturated carbocycles. The van der Waals surface area contributed by atoms with Crippen LogP contribution in [0.15, 0.2) is 0 Å². The van der Waals surface area contributed by atoms with Crippen LogP contribution in [0.1, 0.15) is 239 Å².